The van der Waals surface area contributed by atoms with Crippen LogP contribution in [0.4, 0.5) is 0 Å². The molecule has 114 valence electrons. The smallest absolute Gasteiger partial charge is 0.222 e. The van der Waals surface area contributed by atoms with Crippen molar-refractivity contribution in [3.63, 3.8) is 0 Å². The Morgan fingerprint density at radius 3 is 2.86 bits per heavy atom. The van der Waals surface area contributed by atoms with Crippen molar-refractivity contribution in [3.05, 3.63) is 35.9 Å². The Morgan fingerprint density at radius 2 is 2.10 bits per heavy atom. The number of likely N-dealkylation sites (tertiary alicyclic amines) is 1. The Bertz CT molecular complexity index is 454. The molecule has 2 heterocycles. The molecule has 0 unspecified atom stereocenters. The van der Waals surface area contributed by atoms with Crippen LogP contribution in [0.1, 0.15) is 37.7 Å². The molecule has 21 heavy (non-hydrogen) atoms. The summed E-state index contributed by atoms with van der Waals surface area (Å²) in [7, 11) is 0. The summed E-state index contributed by atoms with van der Waals surface area (Å²) in [6.45, 7) is 2.74. The van der Waals surface area contributed by atoms with Gasteiger partial charge in [-0.3, -0.25) is 4.79 Å². The van der Waals surface area contributed by atoms with Crippen molar-refractivity contribution in [1.82, 2.24) is 4.90 Å². The Labute approximate surface area is 127 Å². The first kappa shape index (κ1) is 14.6. The van der Waals surface area contributed by atoms with Crippen molar-refractivity contribution in [1.29, 1.82) is 0 Å². The molecule has 2 aliphatic heterocycles. The van der Waals surface area contributed by atoms with Gasteiger partial charge in [0.15, 0.2) is 0 Å². The molecule has 0 radical (unpaired) electrons. The molecule has 1 aromatic rings. The van der Waals surface area contributed by atoms with Gasteiger partial charge in [0.05, 0.1) is 6.10 Å². The van der Waals surface area contributed by atoms with E-state index in [-0.39, 0.29) is 0 Å². The zero-order valence-corrected chi connectivity index (χ0v) is 12.7. The third kappa shape index (κ3) is 4.07. The fraction of sp³-hybridized carbons (Fsp3) is 0.611. The number of hydrogen-bond acceptors (Lipinski definition) is 2. The monoisotopic (exact) mass is 287 g/mol. The lowest BCUT2D eigenvalue weighted by molar-refractivity contribution is -0.130. The van der Waals surface area contributed by atoms with Crippen LogP contribution in [0.2, 0.25) is 0 Å². The van der Waals surface area contributed by atoms with Gasteiger partial charge in [-0.25, -0.2) is 0 Å². The Morgan fingerprint density at radius 1 is 1.24 bits per heavy atom. The minimum atomic E-state index is 0.320. The Kier molecular flexibility index (Phi) is 4.91. The second-order valence-electron chi connectivity index (χ2n) is 6.36. The number of ether oxygens (including phenoxy) is 1. The standard InChI is InChI=1S/C18H25NO2/c20-18(9-8-17-7-4-12-21-17)19-11-10-16(14-19)13-15-5-2-1-3-6-15/h1-3,5-6,16-17H,4,7-14H2/t16-,17+/m1/s1. The molecule has 0 N–H and O–H groups in total. The van der Waals surface area contributed by atoms with E-state index in [1.54, 1.807) is 0 Å². The molecule has 3 heteroatoms. The van der Waals surface area contributed by atoms with Gasteiger partial charge in [0.2, 0.25) is 5.91 Å². The summed E-state index contributed by atoms with van der Waals surface area (Å²) in [5.74, 6) is 0.945. The van der Waals surface area contributed by atoms with Gasteiger partial charge in [0, 0.05) is 26.1 Å². The summed E-state index contributed by atoms with van der Waals surface area (Å²) in [6.07, 6.45) is 6.40. The average molecular weight is 287 g/mol. The van der Waals surface area contributed by atoms with Crippen molar-refractivity contribution in [2.24, 2.45) is 5.92 Å². The summed E-state index contributed by atoms with van der Waals surface area (Å²) >= 11 is 0. The SMILES string of the molecule is O=C(CC[C@@H]1CCCO1)N1CC[C@H](Cc2ccccc2)C1. The molecular formula is C18H25NO2. The summed E-state index contributed by atoms with van der Waals surface area (Å²) in [5.41, 5.74) is 1.39. The van der Waals surface area contributed by atoms with Crippen molar-refractivity contribution in [2.75, 3.05) is 19.7 Å². The van der Waals surface area contributed by atoms with Crippen molar-refractivity contribution in [3.8, 4) is 0 Å². The van der Waals surface area contributed by atoms with Gasteiger partial charge in [-0.15, -0.1) is 0 Å². The van der Waals surface area contributed by atoms with Crippen LogP contribution in [0.5, 0.6) is 0 Å². The highest BCUT2D eigenvalue weighted by atomic mass is 16.5. The number of nitrogens with zero attached hydrogens (tertiary/aromatic N) is 1. The first-order valence-corrected chi connectivity index (χ1v) is 8.24. The third-order valence-electron chi connectivity index (χ3n) is 4.71. The fourth-order valence-corrected chi connectivity index (χ4v) is 3.49. The molecule has 1 aromatic carbocycles. The highest BCUT2D eigenvalue weighted by molar-refractivity contribution is 5.76. The highest BCUT2D eigenvalue weighted by Gasteiger charge is 2.27. The van der Waals surface area contributed by atoms with E-state index in [1.165, 1.54) is 5.56 Å². The van der Waals surface area contributed by atoms with Crippen LogP contribution >= 0.6 is 0 Å². The van der Waals surface area contributed by atoms with E-state index < -0.39 is 0 Å². The lowest BCUT2D eigenvalue weighted by Crippen LogP contribution is -2.29. The topological polar surface area (TPSA) is 29.5 Å². The van der Waals surface area contributed by atoms with Crippen molar-refractivity contribution in [2.45, 2.75) is 44.6 Å². The number of amides is 1. The molecule has 1 amide bonds. The lowest BCUT2D eigenvalue weighted by atomic mass is 9.99. The largest absolute Gasteiger partial charge is 0.378 e. The molecule has 0 bridgehead atoms. The first-order chi connectivity index (χ1) is 10.3. The number of carbonyl (C=O) groups is 1. The maximum Gasteiger partial charge on any atom is 0.222 e. The zero-order chi connectivity index (χ0) is 14.5. The van der Waals surface area contributed by atoms with E-state index in [0.29, 0.717) is 24.3 Å². The summed E-state index contributed by atoms with van der Waals surface area (Å²) in [5, 5.41) is 0. The molecule has 0 aliphatic carbocycles. The maximum absolute atomic E-state index is 12.3. The summed E-state index contributed by atoms with van der Waals surface area (Å²) < 4.78 is 5.60. The minimum Gasteiger partial charge on any atom is -0.378 e. The average Bonchev–Trinajstić information content (AvgIpc) is 3.17. The second kappa shape index (κ2) is 7.08. The van der Waals surface area contributed by atoms with Gasteiger partial charge >= 0.3 is 0 Å². The quantitative estimate of drug-likeness (QED) is 0.833. The molecule has 2 saturated heterocycles. The van der Waals surface area contributed by atoms with Gasteiger partial charge in [-0.1, -0.05) is 30.3 Å². The number of carbonyl (C=O) groups excluding carboxylic acids is 1. The molecule has 2 aliphatic rings. The van der Waals surface area contributed by atoms with Gasteiger partial charge in [0.25, 0.3) is 0 Å². The molecule has 0 spiro atoms. The van der Waals surface area contributed by atoms with Crippen molar-refractivity contribution >= 4 is 5.91 Å². The van der Waals surface area contributed by atoms with Gasteiger partial charge in [-0.05, 0) is 43.6 Å². The van der Waals surface area contributed by atoms with Crippen LogP contribution in [0.15, 0.2) is 30.3 Å². The molecule has 0 aromatic heterocycles. The van der Waals surface area contributed by atoms with Crippen LogP contribution in [0, 0.1) is 5.92 Å². The van der Waals surface area contributed by atoms with Crippen LogP contribution in [-0.4, -0.2) is 36.6 Å². The Hall–Kier alpha value is -1.35. The molecule has 2 fully saturated rings. The first-order valence-electron chi connectivity index (χ1n) is 8.24. The number of rotatable bonds is 5. The minimum absolute atomic E-state index is 0.320. The summed E-state index contributed by atoms with van der Waals surface area (Å²) in [4.78, 5) is 14.3. The van der Waals surface area contributed by atoms with Crippen LogP contribution < -0.4 is 0 Å². The van der Waals surface area contributed by atoms with E-state index in [1.807, 2.05) is 0 Å². The zero-order valence-electron chi connectivity index (χ0n) is 12.7. The van der Waals surface area contributed by atoms with E-state index in [2.05, 4.69) is 35.2 Å². The van der Waals surface area contributed by atoms with Gasteiger partial charge in [0.1, 0.15) is 0 Å². The number of benzene rings is 1. The highest BCUT2D eigenvalue weighted by Crippen LogP contribution is 2.23. The van der Waals surface area contributed by atoms with Gasteiger partial charge < -0.3 is 9.64 Å². The van der Waals surface area contributed by atoms with Crippen LogP contribution in [0.25, 0.3) is 0 Å². The van der Waals surface area contributed by atoms with E-state index >= 15 is 0 Å². The van der Waals surface area contributed by atoms with Gasteiger partial charge in [-0.2, -0.15) is 0 Å². The lowest BCUT2D eigenvalue weighted by Gasteiger charge is -2.18. The summed E-state index contributed by atoms with van der Waals surface area (Å²) in [6, 6.07) is 10.6. The normalized spacial score (nSPS) is 25.4. The molecule has 3 rings (SSSR count). The van der Waals surface area contributed by atoms with Crippen LogP contribution in [0.3, 0.4) is 0 Å². The van der Waals surface area contributed by atoms with E-state index in [4.69, 9.17) is 4.74 Å². The predicted molar refractivity (Wildman–Crippen MR) is 83.0 cm³/mol. The molecule has 2 atom stereocenters. The third-order valence-corrected chi connectivity index (χ3v) is 4.71. The van der Waals surface area contributed by atoms with E-state index in [9.17, 15) is 4.79 Å². The molecule has 0 saturated carbocycles. The second-order valence-corrected chi connectivity index (χ2v) is 6.36. The number of hydrogen-bond donors (Lipinski definition) is 0. The maximum atomic E-state index is 12.3. The predicted octanol–water partition coefficient (Wildman–Crippen LogP) is 3.04. The fourth-order valence-electron chi connectivity index (χ4n) is 3.49. The van der Waals surface area contributed by atoms with E-state index in [0.717, 1.165) is 51.8 Å². The van der Waals surface area contributed by atoms with Crippen molar-refractivity contribution < 1.29 is 9.53 Å². The molecule has 3 nitrogen and oxygen atoms in total. The molecular weight excluding hydrogens is 262 g/mol. The Balaban J connectivity index is 1.42. The van der Waals surface area contributed by atoms with Crippen LogP contribution in [-0.2, 0) is 16.0 Å².